The molecule has 2 aliphatic rings. The van der Waals surface area contributed by atoms with E-state index in [9.17, 15) is 13.2 Å². The Hall–Kier alpha value is -1.23. The van der Waals surface area contributed by atoms with Gasteiger partial charge in [-0.15, -0.1) is 11.6 Å². The van der Waals surface area contributed by atoms with Crippen LogP contribution in [0.1, 0.15) is 40.5 Å². The van der Waals surface area contributed by atoms with Gasteiger partial charge in [0.2, 0.25) is 20.9 Å². The van der Waals surface area contributed by atoms with E-state index >= 15 is 0 Å². The molecule has 1 amide bonds. The highest BCUT2D eigenvalue weighted by atomic mass is 35.5. The molecule has 8 nitrogen and oxygen atoms in total. The second kappa shape index (κ2) is 8.13. The topological polar surface area (TPSA) is 98.7 Å². The Balaban J connectivity index is 1.68. The molecule has 0 saturated carbocycles. The molecular weight excluding hydrogens is 417 g/mol. The summed E-state index contributed by atoms with van der Waals surface area (Å²) in [5.74, 6) is -0.526. The zero-order valence-electron chi connectivity index (χ0n) is 17.2. The standard InChI is InChI=1S/C18H27BClN3O5S/c1-17(2)18(3,4)28-19(27-17)14-9-21-16(22-10-14)29(25,26)12-13-6-5-7-23(11-13)15(24)8-20/h9-10,13H,5-8,11-12H2,1-4H3/t13-/m1/s1. The molecule has 2 fully saturated rings. The Morgan fingerprint density at radius 3 is 2.38 bits per heavy atom. The normalized spacial score (nSPS) is 24.0. The van der Waals surface area contributed by atoms with E-state index in [0.717, 1.165) is 12.8 Å². The van der Waals surface area contributed by atoms with Crippen LogP contribution in [0.15, 0.2) is 17.6 Å². The molecule has 0 aliphatic carbocycles. The molecule has 0 aromatic carbocycles. The van der Waals surface area contributed by atoms with Crippen LogP contribution in [0.3, 0.4) is 0 Å². The smallest absolute Gasteiger partial charge is 0.399 e. The summed E-state index contributed by atoms with van der Waals surface area (Å²) in [6.45, 7) is 8.76. The Morgan fingerprint density at radius 2 is 1.83 bits per heavy atom. The van der Waals surface area contributed by atoms with E-state index in [4.69, 9.17) is 20.9 Å². The molecule has 0 bridgehead atoms. The molecule has 160 valence electrons. The summed E-state index contributed by atoms with van der Waals surface area (Å²) in [5, 5.41) is -0.224. The third-order valence-electron chi connectivity index (χ3n) is 5.89. The number of hydrogen-bond donors (Lipinski definition) is 0. The summed E-state index contributed by atoms with van der Waals surface area (Å²) in [4.78, 5) is 21.6. The lowest BCUT2D eigenvalue weighted by atomic mass is 9.81. The van der Waals surface area contributed by atoms with Gasteiger partial charge in [-0.3, -0.25) is 4.79 Å². The lowest BCUT2D eigenvalue weighted by molar-refractivity contribution is -0.130. The van der Waals surface area contributed by atoms with E-state index in [2.05, 4.69) is 9.97 Å². The van der Waals surface area contributed by atoms with Crippen molar-refractivity contribution in [3.63, 3.8) is 0 Å². The van der Waals surface area contributed by atoms with Gasteiger partial charge in [-0.2, -0.15) is 0 Å². The molecule has 0 N–H and O–H groups in total. The maximum Gasteiger partial charge on any atom is 0.498 e. The van der Waals surface area contributed by atoms with E-state index in [1.807, 2.05) is 27.7 Å². The number of nitrogens with zero attached hydrogens (tertiary/aromatic N) is 3. The fourth-order valence-electron chi connectivity index (χ4n) is 3.48. The second-order valence-corrected chi connectivity index (χ2v) is 10.8. The number of amides is 1. The molecule has 0 spiro atoms. The van der Waals surface area contributed by atoms with Crippen LogP contribution >= 0.6 is 11.6 Å². The van der Waals surface area contributed by atoms with Gasteiger partial charge in [0.05, 0.1) is 17.0 Å². The molecular formula is C18H27BClN3O5S. The highest BCUT2D eigenvalue weighted by Crippen LogP contribution is 2.36. The molecule has 1 aromatic rings. The number of aromatic nitrogens is 2. The maximum absolute atomic E-state index is 12.8. The van der Waals surface area contributed by atoms with Crippen molar-refractivity contribution in [1.29, 1.82) is 0 Å². The van der Waals surface area contributed by atoms with Crippen molar-refractivity contribution in [2.45, 2.75) is 56.9 Å². The summed E-state index contributed by atoms with van der Waals surface area (Å²) in [5.41, 5.74) is -0.440. The summed E-state index contributed by atoms with van der Waals surface area (Å²) in [6.07, 6.45) is 4.36. The van der Waals surface area contributed by atoms with E-state index in [1.165, 1.54) is 12.4 Å². The molecule has 0 radical (unpaired) electrons. The predicted molar refractivity (Wildman–Crippen MR) is 110 cm³/mol. The summed E-state index contributed by atoms with van der Waals surface area (Å²) in [6, 6.07) is 0. The first-order valence-electron chi connectivity index (χ1n) is 9.69. The van der Waals surface area contributed by atoms with E-state index in [1.54, 1.807) is 4.90 Å². The average Bonchev–Trinajstić information content (AvgIpc) is 2.88. The van der Waals surface area contributed by atoms with Gasteiger partial charge in [0, 0.05) is 30.9 Å². The molecule has 29 heavy (non-hydrogen) atoms. The van der Waals surface area contributed by atoms with Crippen LogP contribution in [0, 0.1) is 5.92 Å². The fraction of sp³-hybridized carbons (Fsp3) is 0.722. The number of carbonyl (C=O) groups is 1. The van der Waals surface area contributed by atoms with Crippen molar-refractivity contribution in [2.75, 3.05) is 24.7 Å². The van der Waals surface area contributed by atoms with Crippen LogP contribution in [-0.4, -0.2) is 72.2 Å². The van der Waals surface area contributed by atoms with Gasteiger partial charge in [0.1, 0.15) is 5.88 Å². The quantitative estimate of drug-likeness (QED) is 0.381. The third kappa shape index (κ3) is 4.76. The molecule has 1 aromatic heterocycles. The SMILES string of the molecule is CC1(C)OB(c2cnc(S(=O)(=O)C[C@@H]3CCCN(C(=O)CCl)C3)nc2)OC1(C)C. The monoisotopic (exact) mass is 443 g/mol. The first kappa shape index (κ1) is 22.5. The highest BCUT2D eigenvalue weighted by Gasteiger charge is 2.52. The first-order chi connectivity index (χ1) is 13.4. The van der Waals surface area contributed by atoms with Crippen LogP contribution in [0.2, 0.25) is 0 Å². The minimum absolute atomic E-state index is 0.0943. The second-order valence-electron chi connectivity index (χ2n) is 8.65. The van der Waals surface area contributed by atoms with Crippen LogP contribution in [0.4, 0.5) is 0 Å². The number of carbonyl (C=O) groups excluding carboxylic acids is 1. The van der Waals surface area contributed by atoms with Crippen LogP contribution in [0.25, 0.3) is 0 Å². The molecule has 2 saturated heterocycles. The van der Waals surface area contributed by atoms with Crippen molar-refractivity contribution in [2.24, 2.45) is 5.92 Å². The first-order valence-corrected chi connectivity index (χ1v) is 11.9. The number of hydrogen-bond acceptors (Lipinski definition) is 7. The van der Waals surface area contributed by atoms with Gasteiger partial charge in [-0.25, -0.2) is 18.4 Å². The van der Waals surface area contributed by atoms with Crippen LogP contribution < -0.4 is 5.46 Å². The lowest BCUT2D eigenvalue weighted by Crippen LogP contribution is -2.42. The van der Waals surface area contributed by atoms with E-state index < -0.39 is 28.2 Å². The Kier molecular flexibility index (Phi) is 6.30. The molecule has 3 rings (SSSR count). The van der Waals surface area contributed by atoms with Gasteiger partial charge in [0.25, 0.3) is 0 Å². The largest absolute Gasteiger partial charge is 0.498 e. The lowest BCUT2D eigenvalue weighted by Gasteiger charge is -2.32. The Bertz CT molecular complexity index is 847. The van der Waals surface area contributed by atoms with Crippen molar-refractivity contribution in [3.8, 4) is 0 Å². The minimum atomic E-state index is -3.68. The number of alkyl halides is 1. The highest BCUT2D eigenvalue weighted by molar-refractivity contribution is 7.91. The minimum Gasteiger partial charge on any atom is -0.399 e. The zero-order valence-corrected chi connectivity index (χ0v) is 18.8. The van der Waals surface area contributed by atoms with Crippen molar-refractivity contribution >= 4 is 39.9 Å². The van der Waals surface area contributed by atoms with Gasteiger partial charge in [-0.1, -0.05) is 0 Å². The van der Waals surface area contributed by atoms with E-state index in [0.29, 0.717) is 18.6 Å². The average molecular weight is 444 g/mol. The summed E-state index contributed by atoms with van der Waals surface area (Å²) < 4.78 is 37.4. The summed E-state index contributed by atoms with van der Waals surface area (Å²) >= 11 is 5.62. The van der Waals surface area contributed by atoms with Gasteiger partial charge in [0.15, 0.2) is 0 Å². The van der Waals surface area contributed by atoms with Crippen LogP contribution in [0.5, 0.6) is 0 Å². The number of piperidine rings is 1. The molecule has 1 atom stereocenters. The van der Waals surface area contributed by atoms with Crippen LogP contribution in [-0.2, 0) is 23.9 Å². The number of likely N-dealkylation sites (tertiary alicyclic amines) is 1. The molecule has 3 heterocycles. The Labute approximate surface area is 177 Å². The van der Waals surface area contributed by atoms with Gasteiger partial charge >= 0.3 is 7.12 Å². The number of sulfone groups is 1. The number of rotatable bonds is 5. The van der Waals surface area contributed by atoms with Crippen molar-refractivity contribution in [3.05, 3.63) is 12.4 Å². The molecule has 11 heteroatoms. The van der Waals surface area contributed by atoms with Gasteiger partial charge < -0.3 is 14.2 Å². The van der Waals surface area contributed by atoms with E-state index in [-0.39, 0.29) is 28.6 Å². The summed E-state index contributed by atoms with van der Waals surface area (Å²) in [7, 11) is -4.32. The maximum atomic E-state index is 12.8. The fourth-order valence-corrected chi connectivity index (χ4v) is 5.12. The Morgan fingerprint density at radius 1 is 1.24 bits per heavy atom. The third-order valence-corrected chi connectivity index (χ3v) is 7.80. The molecule has 2 aliphatic heterocycles. The van der Waals surface area contributed by atoms with Crippen molar-refractivity contribution in [1.82, 2.24) is 14.9 Å². The number of halogens is 1. The van der Waals surface area contributed by atoms with Gasteiger partial charge in [-0.05, 0) is 46.5 Å². The molecule has 0 unspecified atom stereocenters. The predicted octanol–water partition coefficient (Wildman–Crippen LogP) is 1.03. The zero-order chi connectivity index (χ0) is 21.4. The van der Waals surface area contributed by atoms with Crippen molar-refractivity contribution < 1.29 is 22.5 Å².